The molecule has 1 unspecified atom stereocenters. The largest absolute Gasteiger partial charge is 0.385 e. The lowest BCUT2D eigenvalue weighted by Gasteiger charge is -2.41. The molecule has 14 heavy (non-hydrogen) atoms. The van der Waals surface area contributed by atoms with E-state index >= 15 is 0 Å². The predicted molar refractivity (Wildman–Crippen MR) is 54.8 cm³/mol. The summed E-state index contributed by atoms with van der Waals surface area (Å²) >= 11 is 0. The Morgan fingerprint density at radius 3 is 2.71 bits per heavy atom. The van der Waals surface area contributed by atoms with Crippen LogP contribution in [0.5, 0.6) is 0 Å². The monoisotopic (exact) mass is 200 g/mol. The number of carbonyl (C=O) groups is 1. The Morgan fingerprint density at radius 2 is 2.29 bits per heavy atom. The highest BCUT2D eigenvalue weighted by molar-refractivity contribution is 5.87. The SMILES string of the molecule is COCCC(C)(C)CN1CC(N)C1=O. The first-order valence-corrected chi connectivity index (χ1v) is 4.99. The average molecular weight is 200 g/mol. The van der Waals surface area contributed by atoms with Crippen LogP contribution in [0.2, 0.25) is 0 Å². The lowest BCUT2D eigenvalue weighted by molar-refractivity contribution is -0.144. The number of carbonyl (C=O) groups excluding carboxylic acids is 1. The summed E-state index contributed by atoms with van der Waals surface area (Å²) in [5, 5.41) is 0. The number of amides is 1. The Kier molecular flexibility index (Phi) is 3.50. The lowest BCUT2D eigenvalue weighted by Crippen LogP contribution is -2.62. The molecule has 1 aliphatic rings. The van der Waals surface area contributed by atoms with Gasteiger partial charge in [0.15, 0.2) is 0 Å². The van der Waals surface area contributed by atoms with E-state index in [-0.39, 0.29) is 17.4 Å². The second-order valence-corrected chi connectivity index (χ2v) is 4.73. The summed E-state index contributed by atoms with van der Waals surface area (Å²) in [6, 6.07) is -0.256. The molecule has 0 bridgehead atoms. The number of methoxy groups -OCH3 is 1. The summed E-state index contributed by atoms with van der Waals surface area (Å²) in [6.45, 7) is 6.51. The van der Waals surface area contributed by atoms with Crippen molar-refractivity contribution in [2.75, 3.05) is 26.8 Å². The van der Waals surface area contributed by atoms with Crippen LogP contribution < -0.4 is 5.73 Å². The smallest absolute Gasteiger partial charge is 0.241 e. The zero-order valence-corrected chi connectivity index (χ0v) is 9.25. The first-order chi connectivity index (χ1) is 6.46. The molecular formula is C10H20N2O2. The van der Waals surface area contributed by atoms with Crippen LogP contribution in [-0.4, -0.2) is 43.7 Å². The normalized spacial score (nSPS) is 22.4. The molecule has 0 aromatic rings. The maximum absolute atomic E-state index is 11.3. The molecule has 4 heteroatoms. The summed E-state index contributed by atoms with van der Waals surface area (Å²) in [7, 11) is 1.70. The van der Waals surface area contributed by atoms with E-state index in [2.05, 4.69) is 13.8 Å². The van der Waals surface area contributed by atoms with Gasteiger partial charge in [0.25, 0.3) is 0 Å². The minimum Gasteiger partial charge on any atom is -0.385 e. The quantitative estimate of drug-likeness (QED) is 0.646. The lowest BCUT2D eigenvalue weighted by atomic mass is 9.87. The van der Waals surface area contributed by atoms with Crippen LogP contribution in [0.25, 0.3) is 0 Å². The van der Waals surface area contributed by atoms with Crippen molar-refractivity contribution in [3.8, 4) is 0 Å². The molecule has 0 radical (unpaired) electrons. The molecule has 1 atom stereocenters. The summed E-state index contributed by atoms with van der Waals surface area (Å²) in [5.74, 6) is 0.0792. The number of likely N-dealkylation sites (tertiary alicyclic amines) is 1. The minimum atomic E-state index is -0.256. The van der Waals surface area contributed by atoms with Gasteiger partial charge in [-0.2, -0.15) is 0 Å². The van der Waals surface area contributed by atoms with E-state index in [1.54, 1.807) is 7.11 Å². The van der Waals surface area contributed by atoms with E-state index in [1.807, 2.05) is 4.90 Å². The number of nitrogens with zero attached hydrogens (tertiary/aromatic N) is 1. The summed E-state index contributed by atoms with van der Waals surface area (Å²) < 4.78 is 5.03. The molecule has 4 nitrogen and oxygen atoms in total. The van der Waals surface area contributed by atoms with Crippen molar-refractivity contribution in [3.63, 3.8) is 0 Å². The Balaban J connectivity index is 2.32. The van der Waals surface area contributed by atoms with Crippen LogP contribution in [0.1, 0.15) is 20.3 Å². The van der Waals surface area contributed by atoms with Gasteiger partial charge >= 0.3 is 0 Å². The van der Waals surface area contributed by atoms with Crippen LogP contribution in [0.3, 0.4) is 0 Å². The number of nitrogens with two attached hydrogens (primary N) is 1. The zero-order valence-electron chi connectivity index (χ0n) is 9.25. The third-order valence-electron chi connectivity index (χ3n) is 2.65. The highest BCUT2D eigenvalue weighted by atomic mass is 16.5. The Bertz CT molecular complexity index is 216. The number of β-lactam (4-membered cyclic amide) rings is 1. The van der Waals surface area contributed by atoms with Crippen molar-refractivity contribution in [3.05, 3.63) is 0 Å². The van der Waals surface area contributed by atoms with Crippen molar-refractivity contribution in [1.82, 2.24) is 4.90 Å². The van der Waals surface area contributed by atoms with Crippen molar-refractivity contribution in [2.24, 2.45) is 11.1 Å². The predicted octanol–water partition coefficient (Wildman–Crippen LogP) is 0.219. The number of rotatable bonds is 5. The topological polar surface area (TPSA) is 55.6 Å². The van der Waals surface area contributed by atoms with E-state index in [0.717, 1.165) is 19.6 Å². The highest BCUT2D eigenvalue weighted by Gasteiger charge is 2.36. The van der Waals surface area contributed by atoms with Crippen molar-refractivity contribution in [2.45, 2.75) is 26.3 Å². The van der Waals surface area contributed by atoms with E-state index in [9.17, 15) is 4.79 Å². The number of hydrogen-bond acceptors (Lipinski definition) is 3. The third kappa shape index (κ3) is 2.69. The van der Waals surface area contributed by atoms with Gasteiger partial charge in [-0.1, -0.05) is 13.8 Å². The highest BCUT2D eigenvalue weighted by Crippen LogP contribution is 2.24. The van der Waals surface area contributed by atoms with Gasteiger partial charge in [0.05, 0.1) is 0 Å². The van der Waals surface area contributed by atoms with Crippen LogP contribution in [-0.2, 0) is 9.53 Å². The molecule has 82 valence electrons. The maximum atomic E-state index is 11.3. The summed E-state index contributed by atoms with van der Waals surface area (Å²) in [5.41, 5.74) is 5.63. The molecule has 0 spiro atoms. The van der Waals surface area contributed by atoms with Gasteiger partial charge in [-0.3, -0.25) is 4.79 Å². The standard InChI is InChI=1S/C10H20N2O2/c1-10(2,4-5-14-3)7-12-6-8(11)9(12)13/h8H,4-7,11H2,1-3H3. The van der Waals surface area contributed by atoms with E-state index in [4.69, 9.17) is 10.5 Å². The minimum absolute atomic E-state index is 0.0792. The van der Waals surface area contributed by atoms with Crippen LogP contribution >= 0.6 is 0 Å². The Labute approximate surface area is 85.4 Å². The van der Waals surface area contributed by atoms with Gasteiger partial charge in [-0.25, -0.2) is 0 Å². The van der Waals surface area contributed by atoms with Gasteiger partial charge in [0.2, 0.25) is 5.91 Å². The molecule has 1 amide bonds. The first kappa shape index (κ1) is 11.5. The Hall–Kier alpha value is -0.610. The van der Waals surface area contributed by atoms with Gasteiger partial charge in [-0.05, 0) is 11.8 Å². The van der Waals surface area contributed by atoms with Gasteiger partial charge in [-0.15, -0.1) is 0 Å². The molecule has 1 aliphatic heterocycles. The van der Waals surface area contributed by atoms with Crippen molar-refractivity contribution < 1.29 is 9.53 Å². The van der Waals surface area contributed by atoms with Crippen molar-refractivity contribution in [1.29, 1.82) is 0 Å². The Morgan fingerprint density at radius 1 is 1.64 bits per heavy atom. The number of hydrogen-bond donors (Lipinski definition) is 1. The molecule has 1 fully saturated rings. The van der Waals surface area contributed by atoms with Crippen LogP contribution in [0.4, 0.5) is 0 Å². The molecule has 1 rings (SSSR count). The van der Waals surface area contributed by atoms with E-state index in [0.29, 0.717) is 6.54 Å². The van der Waals surface area contributed by atoms with E-state index < -0.39 is 0 Å². The molecule has 1 heterocycles. The van der Waals surface area contributed by atoms with Crippen LogP contribution in [0.15, 0.2) is 0 Å². The van der Waals surface area contributed by atoms with Crippen LogP contribution in [0, 0.1) is 5.41 Å². The fourth-order valence-electron chi connectivity index (χ4n) is 1.64. The molecule has 0 aromatic carbocycles. The molecule has 1 saturated heterocycles. The summed E-state index contributed by atoms with van der Waals surface area (Å²) in [6.07, 6.45) is 0.961. The molecule has 0 saturated carbocycles. The van der Waals surface area contributed by atoms with Crippen molar-refractivity contribution >= 4 is 5.91 Å². The zero-order chi connectivity index (χ0) is 10.8. The second kappa shape index (κ2) is 4.28. The molecule has 0 aromatic heterocycles. The molecule has 0 aliphatic carbocycles. The maximum Gasteiger partial charge on any atom is 0.241 e. The first-order valence-electron chi connectivity index (χ1n) is 4.99. The average Bonchev–Trinajstić information content (AvgIpc) is 2.14. The fraction of sp³-hybridized carbons (Fsp3) is 0.900. The summed E-state index contributed by atoms with van der Waals surface area (Å²) in [4.78, 5) is 13.1. The van der Waals surface area contributed by atoms with Gasteiger partial charge < -0.3 is 15.4 Å². The third-order valence-corrected chi connectivity index (χ3v) is 2.65. The fourth-order valence-corrected chi connectivity index (χ4v) is 1.64. The second-order valence-electron chi connectivity index (χ2n) is 4.73. The molecular weight excluding hydrogens is 180 g/mol. The molecule has 2 N–H and O–H groups in total. The van der Waals surface area contributed by atoms with Gasteiger partial charge in [0, 0.05) is 26.8 Å². The van der Waals surface area contributed by atoms with Gasteiger partial charge in [0.1, 0.15) is 6.04 Å². The van der Waals surface area contributed by atoms with E-state index in [1.165, 1.54) is 0 Å². The number of ether oxygens (including phenoxy) is 1.